The Morgan fingerprint density at radius 2 is 1.88 bits per heavy atom. The summed E-state index contributed by atoms with van der Waals surface area (Å²) < 4.78 is 4.74. The second-order valence-electron chi connectivity index (χ2n) is 8.96. The lowest BCUT2D eigenvalue weighted by atomic mass is 10.0. The average molecular weight is 550 g/mol. The zero-order chi connectivity index (χ0) is 29.5. The van der Waals surface area contributed by atoms with Crippen molar-refractivity contribution >= 4 is 17.4 Å². The fourth-order valence-electron chi connectivity index (χ4n) is 4.24. The summed E-state index contributed by atoms with van der Waals surface area (Å²) in [5.41, 5.74) is 17.9. The monoisotopic (exact) mass is 549 g/mol. The maximum Gasteiger partial charge on any atom is 0.271 e. The molecule has 0 unspecified atom stereocenters. The van der Waals surface area contributed by atoms with E-state index in [-0.39, 0.29) is 17.1 Å². The number of nitrogen functional groups attached to an aromatic ring is 1. The summed E-state index contributed by atoms with van der Waals surface area (Å²) in [6.45, 7) is 7.77. The van der Waals surface area contributed by atoms with Crippen LogP contribution in [0.2, 0.25) is 0 Å². The molecular weight excluding hydrogens is 518 g/mol. The standard InChI is InChI=1S/C22H18N4O.C8H13N5O/c1-3-19-21(17-8-5-4-6-9-17)22(27)26-18(10-7-11-20(26)24-19)13-12-16-14-23-25(2)15-16;1-3-4-11-13-5(2)12-7(9)6(13)8(10)14/h4-11,14-15H,3H2,1-2H3;3,11H,1,4,9H2,2H3,(H2,10,14). The molecule has 0 aliphatic heterocycles. The summed E-state index contributed by atoms with van der Waals surface area (Å²) in [5, 5.41) is 4.12. The highest BCUT2D eigenvalue weighted by Gasteiger charge is 2.17. The van der Waals surface area contributed by atoms with Crippen molar-refractivity contribution in [2.75, 3.05) is 17.7 Å². The first-order valence-electron chi connectivity index (χ1n) is 12.8. The Morgan fingerprint density at radius 3 is 2.51 bits per heavy atom. The molecule has 5 aromatic rings. The number of hydrogen-bond donors (Lipinski definition) is 3. The van der Waals surface area contributed by atoms with E-state index >= 15 is 0 Å². The van der Waals surface area contributed by atoms with Gasteiger partial charge < -0.3 is 16.9 Å². The van der Waals surface area contributed by atoms with E-state index in [1.54, 1.807) is 28.3 Å². The maximum atomic E-state index is 13.4. The maximum absolute atomic E-state index is 13.4. The molecule has 5 rings (SSSR count). The highest BCUT2D eigenvalue weighted by Crippen LogP contribution is 2.20. The predicted octanol–water partition coefficient (Wildman–Crippen LogP) is 2.66. The molecule has 1 amide bonds. The molecule has 5 N–H and O–H groups in total. The molecule has 1 aromatic carbocycles. The number of primary amides is 1. The first kappa shape index (κ1) is 28.4. The van der Waals surface area contributed by atoms with E-state index in [1.807, 2.05) is 68.7 Å². The number of carbonyl (C=O) groups excluding carboxylic acids is 1. The van der Waals surface area contributed by atoms with Crippen LogP contribution in [-0.2, 0) is 13.5 Å². The minimum atomic E-state index is -0.611. The fraction of sp³-hybridized carbons (Fsp3) is 0.167. The molecule has 0 saturated carbocycles. The van der Waals surface area contributed by atoms with Crippen LogP contribution in [0.4, 0.5) is 5.82 Å². The Morgan fingerprint density at radius 1 is 1.12 bits per heavy atom. The van der Waals surface area contributed by atoms with Crippen LogP contribution >= 0.6 is 0 Å². The zero-order valence-corrected chi connectivity index (χ0v) is 23.1. The van der Waals surface area contributed by atoms with Gasteiger partial charge in [0.2, 0.25) is 0 Å². The van der Waals surface area contributed by atoms with Crippen LogP contribution in [0.5, 0.6) is 0 Å². The lowest BCUT2D eigenvalue weighted by Crippen LogP contribution is -2.25. The number of imidazole rings is 1. The molecule has 4 aromatic heterocycles. The molecule has 0 saturated heterocycles. The predicted molar refractivity (Wildman–Crippen MR) is 160 cm³/mol. The number of carbonyl (C=O) groups is 1. The second-order valence-corrected chi connectivity index (χ2v) is 8.96. The Bertz CT molecular complexity index is 1840. The summed E-state index contributed by atoms with van der Waals surface area (Å²) in [6, 6.07) is 15.2. The van der Waals surface area contributed by atoms with Gasteiger partial charge in [0, 0.05) is 19.8 Å². The van der Waals surface area contributed by atoms with Gasteiger partial charge in [-0.2, -0.15) is 5.10 Å². The number of hydrogen-bond acceptors (Lipinski definition) is 7. The molecule has 0 radical (unpaired) electrons. The van der Waals surface area contributed by atoms with Crippen molar-refractivity contribution in [3.63, 3.8) is 0 Å². The number of fused-ring (bicyclic) bond motifs is 1. The molecule has 11 nitrogen and oxygen atoms in total. The van der Waals surface area contributed by atoms with Gasteiger partial charge in [0.05, 0.1) is 23.0 Å². The van der Waals surface area contributed by atoms with Gasteiger partial charge >= 0.3 is 0 Å². The first-order valence-corrected chi connectivity index (χ1v) is 12.8. The molecule has 208 valence electrons. The Balaban J connectivity index is 0.000000234. The molecule has 41 heavy (non-hydrogen) atoms. The van der Waals surface area contributed by atoms with Crippen LogP contribution in [0.15, 0.2) is 78.4 Å². The molecule has 0 atom stereocenters. The SMILES string of the molecule is C=CCNn1c(C)nc(N)c1C(N)=O.CCc1nc2cccc(C#Cc3cnn(C)c3)n2c(=O)c1-c1ccccc1. The number of pyridine rings is 1. The van der Waals surface area contributed by atoms with Crippen molar-refractivity contribution in [2.45, 2.75) is 20.3 Å². The Labute approximate surface area is 237 Å². The van der Waals surface area contributed by atoms with Crippen LogP contribution in [0.25, 0.3) is 16.8 Å². The van der Waals surface area contributed by atoms with E-state index in [0.29, 0.717) is 35.7 Å². The largest absolute Gasteiger partial charge is 0.382 e. The van der Waals surface area contributed by atoms with Gasteiger partial charge in [-0.05, 0) is 37.0 Å². The van der Waals surface area contributed by atoms with Crippen molar-refractivity contribution in [3.8, 4) is 23.0 Å². The molecule has 0 fully saturated rings. The number of aromatic nitrogens is 6. The molecule has 0 spiro atoms. The normalized spacial score (nSPS) is 10.3. The number of nitrogens with two attached hydrogens (primary N) is 2. The van der Waals surface area contributed by atoms with Crippen molar-refractivity contribution in [3.05, 3.63) is 112 Å². The quantitative estimate of drug-likeness (QED) is 0.218. The van der Waals surface area contributed by atoms with Gasteiger partial charge in [-0.1, -0.05) is 55.3 Å². The van der Waals surface area contributed by atoms with Crippen LogP contribution in [-0.4, -0.2) is 41.3 Å². The highest BCUT2D eigenvalue weighted by molar-refractivity contribution is 5.95. The molecule has 0 aliphatic carbocycles. The van der Waals surface area contributed by atoms with Crippen LogP contribution in [0, 0.1) is 18.8 Å². The van der Waals surface area contributed by atoms with E-state index in [0.717, 1.165) is 16.8 Å². The van der Waals surface area contributed by atoms with E-state index in [1.165, 1.54) is 4.68 Å². The average Bonchev–Trinajstić information content (AvgIpc) is 3.51. The minimum Gasteiger partial charge on any atom is -0.382 e. The zero-order valence-electron chi connectivity index (χ0n) is 23.1. The number of anilines is 1. The number of amides is 1. The Hall–Kier alpha value is -5.63. The molecule has 0 bridgehead atoms. The highest BCUT2D eigenvalue weighted by atomic mass is 16.1. The molecule has 11 heteroatoms. The second kappa shape index (κ2) is 12.5. The van der Waals surface area contributed by atoms with Crippen molar-refractivity contribution in [1.82, 2.24) is 28.8 Å². The van der Waals surface area contributed by atoms with Crippen molar-refractivity contribution in [1.29, 1.82) is 0 Å². The van der Waals surface area contributed by atoms with Gasteiger partial charge in [0.25, 0.3) is 11.5 Å². The summed E-state index contributed by atoms with van der Waals surface area (Å²) in [7, 11) is 1.84. The lowest BCUT2D eigenvalue weighted by molar-refractivity contribution is 0.0993. The summed E-state index contributed by atoms with van der Waals surface area (Å²) in [4.78, 5) is 33.1. The third-order valence-electron chi connectivity index (χ3n) is 6.06. The van der Waals surface area contributed by atoms with E-state index in [4.69, 9.17) is 16.5 Å². The van der Waals surface area contributed by atoms with E-state index < -0.39 is 5.91 Å². The number of aryl methyl sites for hydroxylation is 3. The molecular formula is C30H31N9O2. The van der Waals surface area contributed by atoms with Gasteiger partial charge in [-0.25, -0.2) is 14.6 Å². The first-order chi connectivity index (χ1) is 19.7. The van der Waals surface area contributed by atoms with Gasteiger partial charge in [0.1, 0.15) is 17.2 Å². The topological polar surface area (TPSA) is 151 Å². The minimum absolute atomic E-state index is 0.0980. The summed E-state index contributed by atoms with van der Waals surface area (Å²) in [6.07, 6.45) is 5.87. The van der Waals surface area contributed by atoms with Crippen molar-refractivity contribution < 1.29 is 4.79 Å². The number of benzene rings is 1. The van der Waals surface area contributed by atoms with Crippen LogP contribution in [0.3, 0.4) is 0 Å². The van der Waals surface area contributed by atoms with E-state index in [2.05, 4.69) is 33.9 Å². The Kier molecular flexibility index (Phi) is 8.64. The summed E-state index contributed by atoms with van der Waals surface area (Å²) in [5.74, 6) is 6.26. The third-order valence-corrected chi connectivity index (χ3v) is 6.06. The van der Waals surface area contributed by atoms with Gasteiger partial charge in [0.15, 0.2) is 11.5 Å². The fourth-order valence-corrected chi connectivity index (χ4v) is 4.24. The molecule has 4 heterocycles. The number of rotatable bonds is 6. The number of nitrogens with zero attached hydrogens (tertiary/aromatic N) is 6. The van der Waals surface area contributed by atoms with Crippen LogP contribution < -0.4 is 22.5 Å². The third kappa shape index (κ3) is 6.17. The molecule has 0 aliphatic rings. The summed E-state index contributed by atoms with van der Waals surface area (Å²) >= 11 is 0. The van der Waals surface area contributed by atoms with Gasteiger partial charge in [-0.3, -0.25) is 18.7 Å². The number of nitrogens with one attached hydrogen (secondary N) is 1. The van der Waals surface area contributed by atoms with Crippen molar-refractivity contribution in [2.24, 2.45) is 12.8 Å². The smallest absolute Gasteiger partial charge is 0.271 e. The van der Waals surface area contributed by atoms with E-state index in [9.17, 15) is 9.59 Å². The van der Waals surface area contributed by atoms with Gasteiger partial charge in [-0.15, -0.1) is 6.58 Å². The lowest BCUT2D eigenvalue weighted by Gasteiger charge is -2.11. The van der Waals surface area contributed by atoms with Crippen LogP contribution in [0.1, 0.15) is 40.2 Å².